The van der Waals surface area contributed by atoms with E-state index in [-0.39, 0.29) is 39.2 Å². The van der Waals surface area contributed by atoms with Crippen molar-refractivity contribution >= 4 is 96.2 Å². The van der Waals surface area contributed by atoms with Crippen LogP contribution in [0.1, 0.15) is 165 Å². The van der Waals surface area contributed by atoms with Crippen LogP contribution in [0.15, 0.2) is 150 Å². The van der Waals surface area contributed by atoms with E-state index in [1.54, 1.807) is 0 Å². The van der Waals surface area contributed by atoms with E-state index in [0.717, 1.165) is 103 Å². The summed E-state index contributed by atoms with van der Waals surface area (Å²) >= 11 is 0. The minimum atomic E-state index is -2.44. The van der Waals surface area contributed by atoms with Crippen molar-refractivity contribution in [1.29, 1.82) is 0 Å². The van der Waals surface area contributed by atoms with Crippen LogP contribution in [0, 0.1) is 13.8 Å². The first-order valence-corrected chi connectivity index (χ1v) is 28.6. The first-order chi connectivity index (χ1) is 37.9. The Balaban J connectivity index is 1.15. The number of rotatable bonds is 5. The molecule has 0 saturated carbocycles. The topological polar surface area (TPSA) is 22.9 Å². The fourth-order valence-corrected chi connectivity index (χ4v) is 14.6. The van der Waals surface area contributed by atoms with Gasteiger partial charge in [0.1, 0.15) is 5.58 Å². The molecule has 5 heteroatoms. The van der Waals surface area contributed by atoms with E-state index in [4.69, 9.17) is 4.42 Å². The summed E-state index contributed by atoms with van der Waals surface area (Å²) in [5, 5.41) is 2.04. The zero-order chi connectivity index (χ0) is 57.5. The summed E-state index contributed by atoms with van der Waals surface area (Å²) < 4.78 is 35.2. The lowest BCUT2D eigenvalue weighted by Crippen LogP contribution is -2.61. The SMILES string of the molecule is [2H]C([2H])([2H])c1cc2c3c(c1)N(c1cccc4c1oc1ccccc14)c1cc(N(c4ccc(C(C)(C)C)cc4)c4ccc(C(C)(C)C)cc4)ccc1B3c1cc3c(cc1N2c1cc2c(cc1C)C(C)(C)CCC2(C)C)C(C)(C)CC3(C)C. The van der Waals surface area contributed by atoms with Gasteiger partial charge in [-0.05, 0) is 199 Å². The van der Waals surface area contributed by atoms with Gasteiger partial charge in [0.05, 0.1) is 5.69 Å². The summed E-state index contributed by atoms with van der Waals surface area (Å²) in [5.74, 6) is 0. The third-order valence-electron chi connectivity index (χ3n) is 18.8. The molecule has 0 amide bonds. The maximum Gasteiger partial charge on any atom is 0.252 e. The van der Waals surface area contributed by atoms with E-state index in [2.05, 4.69) is 240 Å². The molecule has 1 aromatic heterocycles. The molecule has 4 aliphatic rings. The molecular weight excluding hydrogens is 946 g/mol. The normalized spacial score (nSPS) is 18.1. The second-order valence-electron chi connectivity index (χ2n) is 28.3. The Bertz CT molecular complexity index is 4010. The lowest BCUT2D eigenvalue weighted by molar-refractivity contribution is 0.332. The van der Waals surface area contributed by atoms with Crippen molar-refractivity contribution in [3.63, 3.8) is 0 Å². The number of fused-ring (bicyclic) bond motifs is 9. The molecule has 0 unspecified atom stereocenters. The van der Waals surface area contributed by atoms with Gasteiger partial charge >= 0.3 is 0 Å². The van der Waals surface area contributed by atoms with Gasteiger partial charge in [-0.25, -0.2) is 0 Å². The molecule has 0 spiro atoms. The molecule has 394 valence electrons. The van der Waals surface area contributed by atoms with E-state index in [0.29, 0.717) is 5.56 Å². The average Bonchev–Trinajstić information content (AvgIpc) is 4.09. The number of benzene rings is 8. The monoisotopic (exact) mass is 1030 g/mol. The standard InChI is InChI=1S/C73H78BN3O/c1-44-36-63-66-64(37-44)77(60-41-55-53(38-45(60)2)70(9,10)34-35-71(55,11)12)62-42-56-54(72(13,14)43-73(56,15)16)40-58(62)74(66)57-33-32-50(39-61(57)76(63)59-22-19-21-52-51-20-17-18-23-65(51)78-67(52)59)75(48-28-24-46(25-29-48)68(3,4)5)49-30-26-47(27-31-49)69(6,7)8/h17-33,36-42H,34-35,43H2,1-16H3/i1D3. The van der Waals surface area contributed by atoms with Crippen LogP contribution >= 0.6 is 0 Å². The van der Waals surface area contributed by atoms with Crippen LogP contribution in [-0.4, -0.2) is 6.71 Å². The predicted molar refractivity (Wildman–Crippen MR) is 335 cm³/mol. The van der Waals surface area contributed by atoms with Crippen LogP contribution in [0.2, 0.25) is 0 Å². The van der Waals surface area contributed by atoms with Gasteiger partial charge in [0, 0.05) is 60.4 Å². The summed E-state index contributed by atoms with van der Waals surface area (Å²) in [7, 11) is 0. The van der Waals surface area contributed by atoms with Crippen molar-refractivity contribution in [3.8, 4) is 0 Å². The molecule has 0 atom stereocenters. The number of aryl methyl sites for hydroxylation is 2. The minimum absolute atomic E-state index is 0.0118. The van der Waals surface area contributed by atoms with Crippen LogP contribution in [0.5, 0.6) is 0 Å². The predicted octanol–water partition coefficient (Wildman–Crippen LogP) is 18.7. The summed E-state index contributed by atoms with van der Waals surface area (Å²) in [6.45, 7) is 32.4. The Morgan fingerprint density at radius 1 is 0.487 bits per heavy atom. The van der Waals surface area contributed by atoms with Gasteiger partial charge in [0.2, 0.25) is 0 Å². The molecule has 9 aromatic rings. The Labute approximate surface area is 469 Å². The van der Waals surface area contributed by atoms with Crippen molar-refractivity contribution in [1.82, 2.24) is 0 Å². The number of hydrogen-bond donors (Lipinski definition) is 0. The van der Waals surface area contributed by atoms with E-state index >= 15 is 0 Å². The molecule has 0 bridgehead atoms. The van der Waals surface area contributed by atoms with Gasteiger partial charge < -0.3 is 19.1 Å². The zero-order valence-corrected chi connectivity index (χ0v) is 48.8. The van der Waals surface area contributed by atoms with Gasteiger partial charge in [0.15, 0.2) is 5.58 Å². The Morgan fingerprint density at radius 2 is 1.00 bits per heavy atom. The summed E-state index contributed by atoms with van der Waals surface area (Å²) in [6.07, 6.45) is 3.21. The van der Waals surface area contributed by atoms with E-state index in [1.807, 2.05) is 24.3 Å². The zero-order valence-electron chi connectivity index (χ0n) is 51.8. The van der Waals surface area contributed by atoms with Crippen molar-refractivity contribution in [3.05, 3.63) is 190 Å². The van der Waals surface area contributed by atoms with E-state index < -0.39 is 6.85 Å². The van der Waals surface area contributed by atoms with Crippen molar-refractivity contribution in [2.45, 2.75) is 162 Å². The highest BCUT2D eigenvalue weighted by atomic mass is 16.3. The smallest absolute Gasteiger partial charge is 0.252 e. The first kappa shape index (κ1) is 47.1. The molecule has 13 rings (SSSR count). The molecule has 4 nitrogen and oxygen atoms in total. The molecule has 0 N–H and O–H groups in total. The largest absolute Gasteiger partial charge is 0.454 e. The quantitative estimate of drug-likeness (QED) is 0.160. The Hall–Kier alpha value is -6.98. The molecular formula is C73H78BN3O. The average molecular weight is 1030 g/mol. The van der Waals surface area contributed by atoms with E-state index in [1.165, 1.54) is 44.4 Å². The fourth-order valence-electron chi connectivity index (χ4n) is 14.6. The van der Waals surface area contributed by atoms with Crippen LogP contribution < -0.4 is 31.1 Å². The number of nitrogens with zero attached hydrogens (tertiary/aromatic N) is 3. The Kier molecular flexibility index (Phi) is 10.1. The van der Waals surface area contributed by atoms with Crippen molar-refractivity contribution in [2.75, 3.05) is 14.7 Å². The maximum absolute atomic E-state index is 9.38. The highest BCUT2D eigenvalue weighted by Gasteiger charge is 2.49. The summed E-state index contributed by atoms with van der Waals surface area (Å²) in [4.78, 5) is 7.22. The van der Waals surface area contributed by atoms with Gasteiger partial charge in [-0.1, -0.05) is 170 Å². The molecule has 0 radical (unpaired) electrons. The van der Waals surface area contributed by atoms with Crippen LogP contribution in [0.25, 0.3) is 21.9 Å². The van der Waals surface area contributed by atoms with E-state index in [9.17, 15) is 4.11 Å². The number of anilines is 9. The molecule has 2 aliphatic carbocycles. The number of hydrogen-bond acceptors (Lipinski definition) is 4. The highest BCUT2D eigenvalue weighted by Crippen LogP contribution is 2.55. The highest BCUT2D eigenvalue weighted by molar-refractivity contribution is 7.00. The molecule has 0 fully saturated rings. The lowest BCUT2D eigenvalue weighted by Gasteiger charge is -2.46. The molecule has 0 saturated heterocycles. The molecule has 3 heterocycles. The fraction of sp³-hybridized carbons (Fsp3) is 0.342. The van der Waals surface area contributed by atoms with Crippen molar-refractivity contribution in [2.24, 2.45) is 0 Å². The first-order valence-electron chi connectivity index (χ1n) is 30.1. The third-order valence-corrected chi connectivity index (χ3v) is 18.8. The Morgan fingerprint density at radius 3 is 1.60 bits per heavy atom. The van der Waals surface area contributed by atoms with Crippen molar-refractivity contribution < 1.29 is 8.53 Å². The van der Waals surface area contributed by atoms with Crippen LogP contribution in [-0.2, 0) is 32.5 Å². The summed E-state index contributed by atoms with van der Waals surface area (Å²) in [6, 6.07) is 53.9. The van der Waals surface area contributed by atoms with Crippen LogP contribution in [0.3, 0.4) is 0 Å². The molecule has 8 aromatic carbocycles. The molecule has 78 heavy (non-hydrogen) atoms. The number of para-hydroxylation sites is 2. The van der Waals surface area contributed by atoms with Crippen LogP contribution in [0.4, 0.5) is 51.2 Å². The van der Waals surface area contributed by atoms with Gasteiger partial charge in [-0.2, -0.15) is 0 Å². The molecule has 2 aliphatic heterocycles. The second kappa shape index (κ2) is 16.8. The number of furan rings is 1. The lowest BCUT2D eigenvalue weighted by atomic mass is 9.33. The second-order valence-corrected chi connectivity index (χ2v) is 28.3. The maximum atomic E-state index is 9.38. The minimum Gasteiger partial charge on any atom is -0.454 e. The third kappa shape index (κ3) is 7.67. The van der Waals surface area contributed by atoms with Gasteiger partial charge in [-0.3, -0.25) is 0 Å². The van der Waals surface area contributed by atoms with Gasteiger partial charge in [-0.15, -0.1) is 0 Å². The summed E-state index contributed by atoms with van der Waals surface area (Å²) in [5.41, 5.74) is 23.1. The van der Waals surface area contributed by atoms with Gasteiger partial charge in [0.25, 0.3) is 6.71 Å².